The highest BCUT2D eigenvalue weighted by molar-refractivity contribution is 8.01. The Morgan fingerprint density at radius 3 is 2.48 bits per heavy atom. The minimum atomic E-state index is -2.41. The van der Waals surface area contributed by atoms with Gasteiger partial charge in [0.15, 0.2) is 6.10 Å². The summed E-state index contributed by atoms with van der Waals surface area (Å²) in [5.74, 6) is 4.06. The molecular formula is C14H20ClNO4S. The van der Waals surface area contributed by atoms with Crippen LogP contribution in [0.25, 0.3) is 0 Å². The number of rotatable bonds is 8. The number of ether oxygens (including phenoxy) is 2. The second-order valence-corrected chi connectivity index (χ2v) is 7.04. The first kappa shape index (κ1) is 17.8. The lowest BCUT2D eigenvalue weighted by Crippen LogP contribution is -2.18. The molecule has 0 radical (unpaired) electrons. The van der Waals surface area contributed by atoms with Crippen LogP contribution in [0.15, 0.2) is 24.3 Å². The maximum Gasteiger partial charge on any atom is 0.339 e. The van der Waals surface area contributed by atoms with Crippen molar-refractivity contribution in [2.24, 2.45) is 0 Å². The second-order valence-electron chi connectivity index (χ2n) is 4.42. The van der Waals surface area contributed by atoms with Gasteiger partial charge in [0.2, 0.25) is 0 Å². The zero-order valence-electron chi connectivity index (χ0n) is 12.1. The van der Waals surface area contributed by atoms with Crippen molar-refractivity contribution in [2.45, 2.75) is 12.5 Å². The van der Waals surface area contributed by atoms with Gasteiger partial charge in [0.05, 0.1) is 7.11 Å². The van der Waals surface area contributed by atoms with E-state index in [1.165, 1.54) is 14.2 Å². The summed E-state index contributed by atoms with van der Waals surface area (Å²) in [6.07, 6.45) is -0.146. The number of hydrogen-bond donors (Lipinski definition) is 1. The van der Waals surface area contributed by atoms with E-state index in [1.54, 1.807) is 24.3 Å². The Bertz CT molecular complexity index is 557. The molecule has 1 aromatic carbocycles. The smallest absolute Gasteiger partial charge is 0.339 e. The molecule has 0 heterocycles. The lowest BCUT2D eigenvalue weighted by Gasteiger charge is -2.15. The predicted molar refractivity (Wildman–Crippen MR) is 87.3 cm³/mol. The Balaban J connectivity index is 2.80. The van der Waals surface area contributed by atoms with Crippen molar-refractivity contribution >= 4 is 38.8 Å². The van der Waals surface area contributed by atoms with Crippen LogP contribution in [-0.4, -0.2) is 41.9 Å². The van der Waals surface area contributed by atoms with Gasteiger partial charge in [-0.05, 0) is 30.0 Å². The number of benzene rings is 1. The Labute approximate surface area is 130 Å². The van der Waals surface area contributed by atoms with Crippen LogP contribution in [0.1, 0.15) is 18.1 Å². The third-order valence-corrected chi connectivity index (χ3v) is 4.60. The Hall–Kier alpha value is -1.24. The Kier molecular flexibility index (Phi) is 7.01. The van der Waals surface area contributed by atoms with Crippen molar-refractivity contribution in [3.05, 3.63) is 29.8 Å². The fraction of sp³-hybridized carbons (Fsp3) is 0.429. The summed E-state index contributed by atoms with van der Waals surface area (Å²) >= 11 is 5.59. The molecule has 7 heteroatoms. The van der Waals surface area contributed by atoms with Gasteiger partial charge in [0.1, 0.15) is 0 Å². The molecule has 0 aliphatic rings. The van der Waals surface area contributed by atoms with Gasteiger partial charge < -0.3 is 14.2 Å². The normalized spacial score (nSPS) is 15.0. The first-order chi connectivity index (χ1) is 9.93. The monoisotopic (exact) mass is 333 g/mol. The molecule has 21 heavy (non-hydrogen) atoms. The van der Waals surface area contributed by atoms with Crippen LogP contribution in [0.5, 0.6) is 0 Å². The van der Waals surface area contributed by atoms with Crippen molar-refractivity contribution in [1.82, 2.24) is 0 Å². The van der Waals surface area contributed by atoms with Crippen molar-refractivity contribution < 1.29 is 18.5 Å². The maximum absolute atomic E-state index is 12.2. The summed E-state index contributed by atoms with van der Waals surface area (Å²) in [6, 6.07) is 6.86. The maximum atomic E-state index is 12.2. The van der Waals surface area contributed by atoms with Crippen molar-refractivity contribution in [2.75, 3.05) is 30.6 Å². The van der Waals surface area contributed by atoms with Crippen LogP contribution >= 0.6 is 11.6 Å². The molecule has 0 bridgehead atoms. The fourth-order valence-electron chi connectivity index (χ4n) is 1.75. The molecule has 0 saturated carbocycles. The van der Waals surface area contributed by atoms with Gasteiger partial charge >= 0.3 is 5.97 Å². The first-order valence-electron chi connectivity index (χ1n) is 6.32. The average Bonchev–Trinajstić information content (AvgIpc) is 2.47. The molecule has 1 N–H and O–H groups in total. The van der Waals surface area contributed by atoms with Crippen molar-refractivity contribution in [1.29, 1.82) is 0 Å². The molecule has 2 unspecified atom stereocenters. The van der Waals surface area contributed by atoms with Crippen molar-refractivity contribution in [3.8, 4) is 0 Å². The summed E-state index contributed by atoms with van der Waals surface area (Å²) in [7, 11) is 0.324. The topological polar surface area (TPSA) is 64.6 Å². The van der Waals surface area contributed by atoms with Crippen LogP contribution in [0.4, 0.5) is 5.69 Å². The van der Waals surface area contributed by atoms with E-state index in [9.17, 15) is 9.00 Å². The summed E-state index contributed by atoms with van der Waals surface area (Å²) in [5.41, 5.74) is 1.32. The van der Waals surface area contributed by atoms with E-state index in [0.717, 1.165) is 0 Å². The fourth-order valence-corrected chi connectivity index (χ4v) is 3.33. The number of esters is 1. The van der Waals surface area contributed by atoms with Gasteiger partial charge in [-0.25, -0.2) is 9.00 Å². The van der Waals surface area contributed by atoms with Crippen molar-refractivity contribution in [3.63, 3.8) is 0 Å². The van der Waals surface area contributed by atoms with Gasteiger partial charge in [0.25, 0.3) is 0 Å². The number of alkyl halides is 1. The minimum absolute atomic E-state index is 0.404. The lowest BCUT2D eigenvalue weighted by atomic mass is 10.1. The molecule has 118 valence electrons. The highest BCUT2D eigenvalue weighted by atomic mass is 35.5. The third-order valence-electron chi connectivity index (χ3n) is 2.78. The van der Waals surface area contributed by atoms with Gasteiger partial charge in [-0.1, -0.05) is 12.1 Å². The van der Waals surface area contributed by atoms with E-state index < -0.39 is 21.8 Å². The molecule has 0 aliphatic heterocycles. The van der Waals surface area contributed by atoms with Crippen LogP contribution in [0.3, 0.4) is 0 Å². The van der Waals surface area contributed by atoms with Crippen LogP contribution in [-0.2, 0) is 24.0 Å². The molecule has 0 spiro atoms. The van der Waals surface area contributed by atoms with E-state index in [4.69, 9.17) is 16.3 Å². The number of halogens is 1. The highest BCUT2D eigenvalue weighted by Crippen LogP contribution is 2.21. The Morgan fingerprint density at radius 1 is 1.38 bits per heavy atom. The zero-order chi connectivity index (χ0) is 15.9. The third kappa shape index (κ3) is 5.57. The summed E-state index contributed by atoms with van der Waals surface area (Å²) in [6.45, 7) is 0. The molecule has 1 aromatic rings. The number of hydrogen-bond acceptors (Lipinski definition) is 4. The highest BCUT2D eigenvalue weighted by Gasteiger charge is 2.20. The van der Waals surface area contributed by atoms with Crippen LogP contribution in [0.2, 0.25) is 0 Å². The van der Waals surface area contributed by atoms with Gasteiger partial charge in [-0.15, -0.1) is 11.6 Å². The molecule has 1 rings (SSSR count). The molecule has 0 aromatic heterocycles. The van der Waals surface area contributed by atoms with Crippen LogP contribution in [0, 0.1) is 0 Å². The van der Waals surface area contributed by atoms with E-state index >= 15 is 0 Å². The predicted octanol–water partition coefficient (Wildman–Crippen LogP) is 2.22. The quantitative estimate of drug-likeness (QED) is 0.450. The minimum Gasteiger partial charge on any atom is -0.467 e. The van der Waals surface area contributed by atoms with Crippen LogP contribution < -0.4 is 4.72 Å². The molecule has 2 atom stereocenters. The SMILES string of the molecule is C=S(=O)(CCCCl)Nc1ccc(C(OC)C(=O)OC)cc1. The molecule has 0 amide bonds. The van der Waals surface area contributed by atoms with Gasteiger partial charge in [-0.3, -0.25) is 0 Å². The number of carbonyl (C=O) groups is 1. The van der Waals surface area contributed by atoms with E-state index in [0.29, 0.717) is 29.3 Å². The molecule has 0 aliphatic carbocycles. The van der Waals surface area contributed by atoms with Gasteiger partial charge in [0, 0.05) is 34.1 Å². The Morgan fingerprint density at radius 2 is 2.00 bits per heavy atom. The molecule has 5 nitrogen and oxygen atoms in total. The number of carbonyl (C=O) groups excluding carboxylic acids is 1. The van der Waals surface area contributed by atoms with E-state index in [1.807, 2.05) is 0 Å². The molecule has 0 saturated heterocycles. The summed E-state index contributed by atoms with van der Waals surface area (Å²) < 4.78 is 24.8. The number of nitrogens with one attached hydrogen (secondary N) is 1. The van der Waals surface area contributed by atoms with E-state index in [-0.39, 0.29) is 0 Å². The lowest BCUT2D eigenvalue weighted by molar-refractivity contribution is -0.152. The number of methoxy groups -OCH3 is 2. The van der Waals surface area contributed by atoms with E-state index in [2.05, 4.69) is 15.3 Å². The summed E-state index contributed by atoms with van der Waals surface area (Å²) in [5, 5.41) is 0. The summed E-state index contributed by atoms with van der Waals surface area (Å²) in [4.78, 5) is 11.5. The average molecular weight is 334 g/mol. The molecular weight excluding hydrogens is 314 g/mol. The standard InChI is InChI=1S/C14H20ClNO4S/c1-19-13(14(17)20-2)11-5-7-12(8-6-11)16-21(3,18)10-4-9-15/h5-8,13H,3-4,9-10H2,1-2H3,(H,16,18). The first-order valence-corrected chi connectivity index (χ1v) is 8.76. The largest absolute Gasteiger partial charge is 0.467 e. The zero-order valence-corrected chi connectivity index (χ0v) is 13.7. The molecule has 0 fully saturated rings. The second kappa shape index (κ2) is 8.26. The van der Waals surface area contributed by atoms with Gasteiger partial charge in [-0.2, -0.15) is 0 Å². The number of anilines is 1.